The van der Waals surface area contributed by atoms with Gasteiger partial charge in [0.2, 0.25) is 0 Å². The molecule has 2 aliphatic rings. The molecule has 94 valence electrons. The molecule has 0 heterocycles. The third-order valence-corrected chi connectivity index (χ3v) is 4.18. The van der Waals surface area contributed by atoms with Gasteiger partial charge in [-0.15, -0.1) is 0 Å². The van der Waals surface area contributed by atoms with Crippen LogP contribution in [0.25, 0.3) is 0 Å². The van der Waals surface area contributed by atoms with Crippen molar-refractivity contribution in [2.45, 2.75) is 50.6 Å². The fourth-order valence-electron chi connectivity index (χ4n) is 3.16. The maximum absolute atomic E-state index is 6.01. The van der Waals surface area contributed by atoms with Gasteiger partial charge in [-0.1, -0.05) is 12.8 Å². The van der Waals surface area contributed by atoms with Crippen molar-refractivity contribution in [3.8, 4) is 0 Å². The largest absolute Gasteiger partial charge is 0.383 e. The van der Waals surface area contributed by atoms with Gasteiger partial charge in [0, 0.05) is 32.3 Å². The lowest BCUT2D eigenvalue weighted by molar-refractivity contribution is 0.0906. The third kappa shape index (κ3) is 2.96. The van der Waals surface area contributed by atoms with Crippen LogP contribution in [0.3, 0.4) is 0 Å². The zero-order valence-electron chi connectivity index (χ0n) is 10.5. The van der Waals surface area contributed by atoms with Crippen LogP contribution in [0.4, 0.5) is 0 Å². The molecular formula is C13H26N2O. The number of nitrogens with zero attached hydrogens (tertiary/aromatic N) is 1. The van der Waals surface area contributed by atoms with Crippen molar-refractivity contribution in [3.63, 3.8) is 0 Å². The molecule has 16 heavy (non-hydrogen) atoms. The van der Waals surface area contributed by atoms with E-state index in [0.717, 1.165) is 31.7 Å². The maximum atomic E-state index is 6.01. The van der Waals surface area contributed by atoms with Gasteiger partial charge in [-0.2, -0.15) is 0 Å². The molecule has 0 aromatic carbocycles. The third-order valence-electron chi connectivity index (χ3n) is 4.18. The Balaban J connectivity index is 1.91. The van der Waals surface area contributed by atoms with Gasteiger partial charge in [0.25, 0.3) is 0 Å². The molecule has 2 rings (SSSR count). The second kappa shape index (κ2) is 5.99. The number of rotatable bonds is 7. The second-order valence-electron chi connectivity index (χ2n) is 5.31. The summed E-state index contributed by atoms with van der Waals surface area (Å²) in [5.41, 5.74) is 6.01. The van der Waals surface area contributed by atoms with Gasteiger partial charge in [0.15, 0.2) is 0 Å². The summed E-state index contributed by atoms with van der Waals surface area (Å²) in [5, 5.41) is 0. The van der Waals surface area contributed by atoms with Gasteiger partial charge in [0.05, 0.1) is 6.61 Å². The predicted molar refractivity (Wildman–Crippen MR) is 66.4 cm³/mol. The van der Waals surface area contributed by atoms with Gasteiger partial charge < -0.3 is 10.5 Å². The highest BCUT2D eigenvalue weighted by Gasteiger charge is 2.37. The van der Waals surface area contributed by atoms with Gasteiger partial charge in [-0.05, 0) is 31.6 Å². The standard InChI is InChI=1S/C13H26N2O/c1-16-9-8-15(12-6-7-12)13(10-14)11-4-2-3-5-11/h11-13H,2-10,14H2,1H3. The van der Waals surface area contributed by atoms with Crippen LogP contribution in [-0.4, -0.2) is 43.8 Å². The van der Waals surface area contributed by atoms with Crippen molar-refractivity contribution < 1.29 is 4.74 Å². The normalized spacial score (nSPS) is 24.2. The molecule has 0 aromatic rings. The van der Waals surface area contributed by atoms with Crippen molar-refractivity contribution >= 4 is 0 Å². The van der Waals surface area contributed by atoms with E-state index in [0.29, 0.717) is 6.04 Å². The lowest BCUT2D eigenvalue weighted by atomic mass is 9.96. The number of ether oxygens (including phenoxy) is 1. The Bertz CT molecular complexity index is 200. The predicted octanol–water partition coefficient (Wildman–Crippen LogP) is 1.61. The molecule has 2 saturated carbocycles. The van der Waals surface area contributed by atoms with Gasteiger partial charge in [-0.25, -0.2) is 0 Å². The summed E-state index contributed by atoms with van der Waals surface area (Å²) in [5.74, 6) is 0.849. The molecule has 0 bridgehead atoms. The first kappa shape index (κ1) is 12.3. The molecule has 2 N–H and O–H groups in total. The molecule has 3 nitrogen and oxygen atoms in total. The average molecular weight is 226 g/mol. The van der Waals surface area contributed by atoms with Crippen LogP contribution in [0.1, 0.15) is 38.5 Å². The Kier molecular flexibility index (Phi) is 4.62. The molecule has 0 saturated heterocycles. The van der Waals surface area contributed by atoms with Gasteiger partial charge in [0.1, 0.15) is 0 Å². The summed E-state index contributed by atoms with van der Waals surface area (Å²) >= 11 is 0. The fraction of sp³-hybridized carbons (Fsp3) is 1.00. The van der Waals surface area contributed by atoms with E-state index in [2.05, 4.69) is 4.90 Å². The number of methoxy groups -OCH3 is 1. The first-order valence-corrected chi connectivity index (χ1v) is 6.81. The molecule has 0 spiro atoms. The lowest BCUT2D eigenvalue weighted by Crippen LogP contribution is -2.47. The first-order chi connectivity index (χ1) is 7.86. The van der Waals surface area contributed by atoms with Crippen LogP contribution in [0.15, 0.2) is 0 Å². The number of nitrogens with two attached hydrogens (primary N) is 1. The average Bonchev–Trinajstić information content (AvgIpc) is 3.00. The highest BCUT2D eigenvalue weighted by atomic mass is 16.5. The molecule has 0 aromatic heterocycles. The second-order valence-corrected chi connectivity index (χ2v) is 5.31. The Morgan fingerprint density at radius 2 is 1.94 bits per heavy atom. The highest BCUT2D eigenvalue weighted by Crippen LogP contribution is 2.35. The minimum absolute atomic E-state index is 0.616. The summed E-state index contributed by atoms with van der Waals surface area (Å²) in [6, 6.07) is 1.43. The van der Waals surface area contributed by atoms with Crippen LogP contribution in [-0.2, 0) is 4.74 Å². The Morgan fingerprint density at radius 1 is 1.25 bits per heavy atom. The van der Waals surface area contributed by atoms with Crippen LogP contribution in [0.5, 0.6) is 0 Å². The van der Waals surface area contributed by atoms with Gasteiger partial charge in [-0.3, -0.25) is 4.90 Å². The summed E-state index contributed by atoms with van der Waals surface area (Å²) in [6.07, 6.45) is 8.32. The van der Waals surface area contributed by atoms with Crippen molar-refractivity contribution in [2.75, 3.05) is 26.8 Å². The van der Waals surface area contributed by atoms with E-state index in [1.165, 1.54) is 38.5 Å². The SMILES string of the molecule is COCCN(C1CC1)C(CN)C1CCCC1. The fourth-order valence-corrected chi connectivity index (χ4v) is 3.16. The summed E-state index contributed by atoms with van der Waals surface area (Å²) < 4.78 is 5.23. The van der Waals surface area contributed by atoms with E-state index in [1.807, 2.05) is 0 Å². The minimum Gasteiger partial charge on any atom is -0.383 e. The van der Waals surface area contributed by atoms with Crippen LogP contribution < -0.4 is 5.73 Å². The molecule has 0 radical (unpaired) electrons. The zero-order valence-corrected chi connectivity index (χ0v) is 10.5. The smallest absolute Gasteiger partial charge is 0.0589 e. The Morgan fingerprint density at radius 3 is 2.44 bits per heavy atom. The monoisotopic (exact) mass is 226 g/mol. The van der Waals surface area contributed by atoms with E-state index in [-0.39, 0.29) is 0 Å². The molecule has 0 amide bonds. The topological polar surface area (TPSA) is 38.5 Å². The van der Waals surface area contributed by atoms with Crippen LogP contribution in [0.2, 0.25) is 0 Å². The molecule has 0 aliphatic heterocycles. The van der Waals surface area contributed by atoms with E-state index < -0.39 is 0 Å². The van der Waals surface area contributed by atoms with E-state index in [9.17, 15) is 0 Å². The minimum atomic E-state index is 0.616. The molecular weight excluding hydrogens is 200 g/mol. The van der Waals surface area contributed by atoms with Crippen molar-refractivity contribution in [2.24, 2.45) is 11.7 Å². The van der Waals surface area contributed by atoms with Crippen LogP contribution in [0, 0.1) is 5.92 Å². The Labute approximate surface area is 99.3 Å². The Hall–Kier alpha value is -0.120. The quantitative estimate of drug-likeness (QED) is 0.717. The molecule has 1 unspecified atom stereocenters. The number of hydrogen-bond acceptors (Lipinski definition) is 3. The molecule has 1 atom stereocenters. The number of hydrogen-bond donors (Lipinski definition) is 1. The van der Waals surface area contributed by atoms with Gasteiger partial charge >= 0.3 is 0 Å². The summed E-state index contributed by atoms with van der Waals surface area (Å²) in [6.45, 7) is 2.74. The molecule has 3 heteroatoms. The van der Waals surface area contributed by atoms with E-state index in [1.54, 1.807) is 7.11 Å². The van der Waals surface area contributed by atoms with E-state index >= 15 is 0 Å². The van der Waals surface area contributed by atoms with Crippen molar-refractivity contribution in [1.82, 2.24) is 4.90 Å². The molecule has 2 fully saturated rings. The van der Waals surface area contributed by atoms with Crippen molar-refractivity contribution in [3.05, 3.63) is 0 Å². The molecule has 2 aliphatic carbocycles. The lowest BCUT2D eigenvalue weighted by Gasteiger charge is -2.35. The van der Waals surface area contributed by atoms with Crippen LogP contribution >= 0.6 is 0 Å². The van der Waals surface area contributed by atoms with E-state index in [4.69, 9.17) is 10.5 Å². The zero-order chi connectivity index (χ0) is 11.4. The maximum Gasteiger partial charge on any atom is 0.0589 e. The highest BCUT2D eigenvalue weighted by molar-refractivity contribution is 4.92. The summed E-state index contributed by atoms with van der Waals surface area (Å²) in [4.78, 5) is 2.64. The summed E-state index contributed by atoms with van der Waals surface area (Å²) in [7, 11) is 1.79. The first-order valence-electron chi connectivity index (χ1n) is 6.81. The van der Waals surface area contributed by atoms with Crippen molar-refractivity contribution in [1.29, 1.82) is 0 Å².